The van der Waals surface area contributed by atoms with Crippen molar-refractivity contribution in [1.82, 2.24) is 0 Å². The van der Waals surface area contributed by atoms with Crippen molar-refractivity contribution in [3.8, 4) is 5.75 Å². The molecule has 0 aliphatic carbocycles. The van der Waals surface area contributed by atoms with E-state index < -0.39 is 6.10 Å². The predicted octanol–water partition coefficient (Wildman–Crippen LogP) is 10.4. The highest BCUT2D eigenvalue weighted by Crippen LogP contribution is 2.17. The molecule has 0 radical (unpaired) electrons. The van der Waals surface area contributed by atoms with Gasteiger partial charge < -0.3 is 61.9 Å². The van der Waals surface area contributed by atoms with Crippen molar-refractivity contribution in [2.24, 2.45) is 0 Å². The molecule has 0 saturated heterocycles. The van der Waals surface area contributed by atoms with Crippen LogP contribution in [0.2, 0.25) is 0 Å². The third kappa shape index (κ3) is 38.9. The molecular formula is C54H102O13. The van der Waals surface area contributed by atoms with Gasteiger partial charge in [0.2, 0.25) is 0 Å². The predicted molar refractivity (Wildman–Crippen MR) is 269 cm³/mol. The molecule has 12 atom stereocenters. The monoisotopic (exact) mass is 959 g/mol. The van der Waals surface area contributed by atoms with Crippen LogP contribution in [0.1, 0.15) is 160 Å². The smallest absolute Gasteiger partial charge is 0.119 e. The molecule has 12 unspecified atom stereocenters. The number of ether oxygens (including phenoxy) is 12. The fourth-order valence-electron chi connectivity index (χ4n) is 6.61. The first-order valence-electron chi connectivity index (χ1n) is 26.2. The van der Waals surface area contributed by atoms with Gasteiger partial charge in [0.25, 0.3) is 0 Å². The van der Waals surface area contributed by atoms with Gasteiger partial charge in [-0.3, -0.25) is 0 Å². The Bertz CT molecular complexity index is 1220. The molecule has 67 heavy (non-hydrogen) atoms. The number of benzene rings is 1. The molecule has 0 spiro atoms. The molecule has 0 bridgehead atoms. The first kappa shape index (κ1) is 63.6. The Morgan fingerprint density at radius 2 is 0.552 bits per heavy atom. The number of aryl methyl sites for hydroxylation is 1. The van der Waals surface area contributed by atoms with Gasteiger partial charge in [0.1, 0.15) is 12.4 Å². The molecule has 13 nitrogen and oxygen atoms in total. The summed E-state index contributed by atoms with van der Waals surface area (Å²) in [6.45, 7) is 31.2. The highest BCUT2D eigenvalue weighted by molar-refractivity contribution is 5.27. The molecular weight excluding hydrogens is 857 g/mol. The third-order valence-corrected chi connectivity index (χ3v) is 11.0. The van der Waals surface area contributed by atoms with E-state index in [4.69, 9.17) is 56.8 Å². The van der Waals surface area contributed by atoms with E-state index in [0.29, 0.717) is 79.3 Å². The topological polar surface area (TPSA) is 131 Å². The van der Waals surface area contributed by atoms with Crippen LogP contribution < -0.4 is 4.74 Å². The minimum atomic E-state index is -0.490. The van der Waals surface area contributed by atoms with Crippen LogP contribution in [0.25, 0.3) is 0 Å². The Balaban J connectivity index is 2.07. The quantitative estimate of drug-likeness (QED) is 0.0623. The van der Waals surface area contributed by atoms with E-state index in [1.807, 2.05) is 76.2 Å². The first-order chi connectivity index (χ1) is 32.1. The summed E-state index contributed by atoms with van der Waals surface area (Å²) in [5.41, 5.74) is 1.38. The van der Waals surface area contributed by atoms with E-state index in [1.165, 1.54) is 69.8 Å². The van der Waals surface area contributed by atoms with Crippen molar-refractivity contribution < 1.29 is 61.9 Å². The molecule has 0 aliphatic heterocycles. The number of hydrogen-bond acceptors (Lipinski definition) is 13. The largest absolute Gasteiger partial charge is 0.491 e. The van der Waals surface area contributed by atoms with E-state index >= 15 is 0 Å². The highest BCUT2D eigenvalue weighted by atomic mass is 16.6. The van der Waals surface area contributed by atoms with E-state index in [-0.39, 0.29) is 67.1 Å². The van der Waals surface area contributed by atoms with Gasteiger partial charge in [-0.05, 0) is 114 Å². The lowest BCUT2D eigenvalue weighted by Gasteiger charge is -2.23. The summed E-state index contributed by atoms with van der Waals surface area (Å²) in [5, 5.41) is 9.35. The van der Waals surface area contributed by atoms with Crippen LogP contribution in [0.15, 0.2) is 24.3 Å². The lowest BCUT2D eigenvalue weighted by molar-refractivity contribution is -0.113. The second-order valence-electron chi connectivity index (χ2n) is 19.3. The van der Waals surface area contributed by atoms with Crippen LogP contribution in [0, 0.1) is 0 Å². The Hall–Kier alpha value is -1.46. The molecule has 13 heteroatoms. The molecule has 0 amide bonds. The number of aliphatic hydroxyl groups is 1. The van der Waals surface area contributed by atoms with Crippen LogP contribution in [-0.2, 0) is 58.5 Å². The van der Waals surface area contributed by atoms with Crippen molar-refractivity contribution in [2.45, 2.75) is 234 Å². The van der Waals surface area contributed by atoms with E-state index in [9.17, 15) is 5.11 Å². The average Bonchev–Trinajstić information content (AvgIpc) is 3.31. The van der Waals surface area contributed by atoms with Gasteiger partial charge >= 0.3 is 0 Å². The van der Waals surface area contributed by atoms with Gasteiger partial charge in [-0.15, -0.1) is 0 Å². The fraction of sp³-hybridized carbons (Fsp3) is 0.889. The lowest BCUT2D eigenvalue weighted by Crippen LogP contribution is -2.31. The fourth-order valence-corrected chi connectivity index (χ4v) is 6.61. The summed E-state index contributed by atoms with van der Waals surface area (Å²) < 4.78 is 71.1. The molecule has 1 N–H and O–H groups in total. The van der Waals surface area contributed by atoms with Crippen LogP contribution in [0.4, 0.5) is 0 Å². The zero-order chi connectivity index (χ0) is 49.7. The van der Waals surface area contributed by atoms with E-state index in [1.54, 1.807) is 6.92 Å². The summed E-state index contributed by atoms with van der Waals surface area (Å²) >= 11 is 0. The maximum atomic E-state index is 9.35. The maximum absolute atomic E-state index is 9.35. The summed E-state index contributed by atoms with van der Waals surface area (Å²) in [5.74, 6) is 0.880. The lowest BCUT2D eigenvalue weighted by atomic mass is 10.0. The molecule has 0 fully saturated rings. The third-order valence-electron chi connectivity index (χ3n) is 11.0. The standard InChI is InChI=1S/C54H102O13/c1-14-15-16-17-18-19-20-21-22-23-24-53-25-27-54(28-26-53)67-40-52(13)66-39-51(12)65-38-50(11)64-37-49(10)63-36-48(9)62-35-47(8)61-34-46(7)60-33-45(6)59-32-44(5)58-31-43(4)57-30-42(3)56-29-41(2)55/h25-28,41-52,55H,14-24,29-40H2,1-13H3. The number of rotatable bonds is 47. The number of aliphatic hydroxyl groups excluding tert-OH is 1. The van der Waals surface area contributed by atoms with Gasteiger partial charge in [0.05, 0.1) is 146 Å². The molecule has 1 aromatic rings. The molecule has 0 heterocycles. The Kier molecular flexibility index (Phi) is 39.1. The van der Waals surface area contributed by atoms with Crippen molar-refractivity contribution >= 4 is 0 Å². The average molecular weight is 959 g/mol. The van der Waals surface area contributed by atoms with Gasteiger partial charge in [-0.1, -0.05) is 76.8 Å². The Morgan fingerprint density at radius 1 is 0.313 bits per heavy atom. The molecule has 1 rings (SSSR count). The van der Waals surface area contributed by atoms with Gasteiger partial charge in [-0.2, -0.15) is 0 Å². The summed E-state index contributed by atoms with van der Waals surface area (Å²) in [6.07, 6.45) is 13.4. The van der Waals surface area contributed by atoms with Crippen molar-refractivity contribution in [2.75, 3.05) is 79.3 Å². The van der Waals surface area contributed by atoms with Crippen molar-refractivity contribution in [1.29, 1.82) is 0 Å². The second kappa shape index (κ2) is 41.2. The minimum absolute atomic E-state index is 0.0517. The second-order valence-corrected chi connectivity index (χ2v) is 19.3. The zero-order valence-corrected chi connectivity index (χ0v) is 44.8. The Morgan fingerprint density at radius 3 is 0.821 bits per heavy atom. The van der Waals surface area contributed by atoms with E-state index in [2.05, 4.69) is 31.2 Å². The summed E-state index contributed by atoms with van der Waals surface area (Å²) in [4.78, 5) is 0. The molecule has 396 valence electrons. The maximum Gasteiger partial charge on any atom is 0.119 e. The summed E-state index contributed by atoms with van der Waals surface area (Å²) in [7, 11) is 0. The van der Waals surface area contributed by atoms with Crippen molar-refractivity contribution in [3.05, 3.63) is 29.8 Å². The number of hydrogen-bond donors (Lipinski definition) is 1. The molecule has 0 aromatic heterocycles. The van der Waals surface area contributed by atoms with Gasteiger partial charge in [0.15, 0.2) is 0 Å². The van der Waals surface area contributed by atoms with Crippen LogP contribution in [0.3, 0.4) is 0 Å². The van der Waals surface area contributed by atoms with Crippen LogP contribution in [0.5, 0.6) is 5.75 Å². The molecule has 1 aromatic carbocycles. The van der Waals surface area contributed by atoms with Gasteiger partial charge in [0, 0.05) is 0 Å². The number of unbranched alkanes of at least 4 members (excludes halogenated alkanes) is 9. The Labute approximate surface area is 409 Å². The van der Waals surface area contributed by atoms with Crippen LogP contribution >= 0.6 is 0 Å². The summed E-state index contributed by atoms with van der Waals surface area (Å²) in [6, 6.07) is 8.54. The SMILES string of the molecule is CCCCCCCCCCCCc1ccc(OCC(C)OCC(C)OCC(C)OCC(C)OCC(C)OCC(C)OCC(C)OCC(C)OCC(C)OCC(C)OCC(C)OCC(C)O)cc1. The van der Waals surface area contributed by atoms with Crippen LogP contribution in [-0.4, -0.2) is 158 Å². The minimum Gasteiger partial charge on any atom is -0.491 e. The van der Waals surface area contributed by atoms with Gasteiger partial charge in [-0.25, -0.2) is 0 Å². The van der Waals surface area contributed by atoms with Crippen molar-refractivity contribution in [3.63, 3.8) is 0 Å². The van der Waals surface area contributed by atoms with E-state index in [0.717, 1.165) is 12.2 Å². The first-order valence-corrected chi connectivity index (χ1v) is 26.2. The highest BCUT2D eigenvalue weighted by Gasteiger charge is 2.17. The molecule has 0 aliphatic rings. The zero-order valence-electron chi connectivity index (χ0n) is 44.8. The normalized spacial score (nSPS) is 17.5. The molecule has 0 saturated carbocycles.